The Labute approximate surface area is 205 Å². The number of fused-ring (bicyclic) bond motifs is 1. The molecule has 2 amide bonds. The molecule has 0 aliphatic rings. The van der Waals surface area contributed by atoms with Crippen LogP contribution in [0.4, 0.5) is 11.6 Å². The fraction of sp³-hybridized carbons (Fsp3) is 0.0769. The van der Waals surface area contributed by atoms with Gasteiger partial charge in [-0.05, 0) is 42.5 Å². The number of thiophene rings is 1. The number of benzene rings is 2. The lowest BCUT2D eigenvalue weighted by atomic mass is 10.2. The van der Waals surface area contributed by atoms with E-state index in [9.17, 15) is 9.59 Å². The van der Waals surface area contributed by atoms with Gasteiger partial charge in [0.05, 0.1) is 27.0 Å². The maximum Gasteiger partial charge on any atom is 0.268 e. The standard InChI is InChI=1S/C26H21N5O3S/c1-3-13-31-20-10-9-18(30(2)25(33)17-7-5-4-6-8-17)14-19(20)28-26(31)29-24(32)23-12-11-22(35-23)21-15-27-16-34-21/h3-12,14-16H,1,13H2,2H3,(H,28,29,32). The number of carbonyl (C=O) groups is 2. The molecule has 0 atom stereocenters. The van der Waals surface area contributed by atoms with Crippen LogP contribution >= 0.6 is 11.3 Å². The van der Waals surface area contributed by atoms with Crippen LogP contribution in [-0.4, -0.2) is 33.4 Å². The van der Waals surface area contributed by atoms with Gasteiger partial charge in [0, 0.05) is 24.8 Å². The number of aromatic nitrogens is 3. The van der Waals surface area contributed by atoms with E-state index >= 15 is 0 Å². The minimum atomic E-state index is -0.280. The first kappa shape index (κ1) is 22.3. The fourth-order valence-electron chi connectivity index (χ4n) is 3.72. The lowest BCUT2D eigenvalue weighted by molar-refractivity contribution is 0.0991. The van der Waals surface area contributed by atoms with Gasteiger partial charge in [0.1, 0.15) is 0 Å². The molecule has 1 N–H and O–H groups in total. The third kappa shape index (κ3) is 4.36. The summed E-state index contributed by atoms with van der Waals surface area (Å²) < 4.78 is 7.18. The lowest BCUT2D eigenvalue weighted by Gasteiger charge is -2.17. The van der Waals surface area contributed by atoms with Gasteiger partial charge < -0.3 is 13.9 Å². The smallest absolute Gasteiger partial charge is 0.268 e. The molecule has 5 aromatic rings. The molecule has 0 saturated carbocycles. The van der Waals surface area contributed by atoms with Crippen molar-refractivity contribution in [2.45, 2.75) is 6.54 Å². The van der Waals surface area contributed by atoms with E-state index in [2.05, 4.69) is 21.9 Å². The number of carbonyl (C=O) groups excluding carboxylic acids is 2. The zero-order valence-electron chi connectivity index (χ0n) is 18.8. The molecule has 0 aliphatic heterocycles. The highest BCUT2D eigenvalue weighted by Crippen LogP contribution is 2.29. The third-order valence-corrected chi connectivity index (χ3v) is 6.59. The summed E-state index contributed by atoms with van der Waals surface area (Å²) in [6.45, 7) is 4.28. The second-order valence-corrected chi connectivity index (χ2v) is 8.81. The topological polar surface area (TPSA) is 93.3 Å². The number of amides is 2. The van der Waals surface area contributed by atoms with Crippen molar-refractivity contribution >= 4 is 45.8 Å². The first-order chi connectivity index (χ1) is 17.0. The quantitative estimate of drug-likeness (QED) is 0.310. The average molecular weight is 484 g/mol. The van der Waals surface area contributed by atoms with Gasteiger partial charge in [0.15, 0.2) is 12.2 Å². The van der Waals surface area contributed by atoms with Gasteiger partial charge in [0.25, 0.3) is 11.8 Å². The van der Waals surface area contributed by atoms with Gasteiger partial charge in [-0.1, -0.05) is 24.3 Å². The highest BCUT2D eigenvalue weighted by Gasteiger charge is 2.19. The fourth-order valence-corrected chi connectivity index (χ4v) is 4.57. The first-order valence-electron chi connectivity index (χ1n) is 10.8. The van der Waals surface area contributed by atoms with Crippen molar-refractivity contribution in [3.05, 3.63) is 96.3 Å². The van der Waals surface area contributed by atoms with E-state index in [-0.39, 0.29) is 11.8 Å². The van der Waals surface area contributed by atoms with Crippen LogP contribution in [0.15, 0.2) is 90.3 Å². The largest absolute Gasteiger partial charge is 0.443 e. The maximum atomic E-state index is 13.0. The zero-order chi connectivity index (χ0) is 24.4. The number of nitrogens with one attached hydrogen (secondary N) is 1. The summed E-state index contributed by atoms with van der Waals surface area (Å²) >= 11 is 1.30. The molecule has 2 aromatic carbocycles. The van der Waals surface area contributed by atoms with Crippen molar-refractivity contribution in [2.75, 3.05) is 17.3 Å². The summed E-state index contributed by atoms with van der Waals surface area (Å²) in [5.41, 5.74) is 2.77. The second kappa shape index (κ2) is 9.40. The number of anilines is 2. The Morgan fingerprint density at radius 1 is 1.17 bits per heavy atom. The first-order valence-corrected chi connectivity index (χ1v) is 11.6. The SMILES string of the molecule is C=CCn1c(NC(=O)c2ccc(-c3cnco3)s2)nc2cc(N(C)C(=O)c3ccccc3)ccc21. The van der Waals surface area contributed by atoms with Gasteiger partial charge in [-0.15, -0.1) is 17.9 Å². The normalized spacial score (nSPS) is 10.9. The van der Waals surface area contributed by atoms with Crippen LogP contribution in [0.3, 0.4) is 0 Å². The molecule has 3 aromatic heterocycles. The van der Waals surface area contributed by atoms with Gasteiger partial charge >= 0.3 is 0 Å². The Morgan fingerprint density at radius 2 is 2.00 bits per heavy atom. The summed E-state index contributed by atoms with van der Waals surface area (Å²) in [5.74, 6) is 0.602. The number of hydrogen-bond donors (Lipinski definition) is 1. The molecular weight excluding hydrogens is 462 g/mol. The summed E-state index contributed by atoms with van der Waals surface area (Å²) in [7, 11) is 1.73. The van der Waals surface area contributed by atoms with Crippen molar-refractivity contribution in [3.8, 4) is 10.6 Å². The number of nitrogens with zero attached hydrogens (tertiary/aromatic N) is 4. The monoisotopic (exact) mass is 483 g/mol. The van der Waals surface area contributed by atoms with Crippen molar-refractivity contribution < 1.29 is 14.0 Å². The van der Waals surface area contributed by atoms with Crippen LogP contribution < -0.4 is 10.2 Å². The molecule has 8 nitrogen and oxygen atoms in total. The van der Waals surface area contributed by atoms with E-state index < -0.39 is 0 Å². The predicted octanol–water partition coefficient (Wildman–Crippen LogP) is 5.47. The zero-order valence-corrected chi connectivity index (χ0v) is 19.7. The minimum absolute atomic E-state index is 0.121. The van der Waals surface area contributed by atoms with Gasteiger partial charge in [-0.3, -0.25) is 14.9 Å². The molecule has 0 radical (unpaired) electrons. The predicted molar refractivity (Wildman–Crippen MR) is 137 cm³/mol. The average Bonchev–Trinajstić information content (AvgIpc) is 3.64. The van der Waals surface area contributed by atoms with Gasteiger partial charge in [-0.2, -0.15) is 0 Å². The van der Waals surface area contributed by atoms with E-state index in [4.69, 9.17) is 4.42 Å². The number of rotatable bonds is 7. The molecule has 3 heterocycles. The van der Waals surface area contributed by atoms with Crippen LogP contribution in [-0.2, 0) is 6.54 Å². The van der Waals surface area contributed by atoms with Crippen molar-refractivity contribution in [1.82, 2.24) is 14.5 Å². The third-order valence-electron chi connectivity index (χ3n) is 5.49. The van der Waals surface area contributed by atoms with Crippen molar-refractivity contribution in [2.24, 2.45) is 0 Å². The molecule has 0 fully saturated rings. The number of oxazole rings is 1. The molecule has 35 heavy (non-hydrogen) atoms. The number of imidazole rings is 1. The summed E-state index contributed by atoms with van der Waals surface area (Å²) in [6, 6.07) is 18.2. The molecule has 9 heteroatoms. The lowest BCUT2D eigenvalue weighted by Crippen LogP contribution is -2.26. The minimum Gasteiger partial charge on any atom is -0.443 e. The van der Waals surface area contributed by atoms with Crippen LogP contribution in [0.5, 0.6) is 0 Å². The van der Waals surface area contributed by atoms with Crippen LogP contribution in [0.25, 0.3) is 21.7 Å². The summed E-state index contributed by atoms with van der Waals surface area (Å²) in [6.07, 6.45) is 4.70. The number of allylic oxidation sites excluding steroid dienone is 1. The molecule has 0 bridgehead atoms. The van der Waals surface area contributed by atoms with Crippen LogP contribution in [0, 0.1) is 0 Å². The van der Waals surface area contributed by atoms with Crippen LogP contribution in [0.2, 0.25) is 0 Å². The van der Waals surface area contributed by atoms with E-state index in [1.165, 1.54) is 17.7 Å². The molecule has 0 unspecified atom stereocenters. The summed E-state index contributed by atoms with van der Waals surface area (Å²) in [5, 5.41) is 2.91. The van der Waals surface area contributed by atoms with E-state index in [0.717, 1.165) is 10.4 Å². The molecule has 0 aliphatic carbocycles. The highest BCUT2D eigenvalue weighted by atomic mass is 32.1. The Hall–Kier alpha value is -4.50. The van der Waals surface area contributed by atoms with E-state index in [1.807, 2.05) is 47.0 Å². The Morgan fingerprint density at radius 3 is 2.74 bits per heavy atom. The van der Waals surface area contributed by atoms with Crippen molar-refractivity contribution in [1.29, 1.82) is 0 Å². The Kier molecular flexibility index (Phi) is 5.99. The van der Waals surface area contributed by atoms with Gasteiger partial charge in [-0.25, -0.2) is 9.97 Å². The Bertz CT molecular complexity index is 1520. The van der Waals surface area contributed by atoms with E-state index in [1.54, 1.807) is 42.4 Å². The van der Waals surface area contributed by atoms with Gasteiger partial charge in [0.2, 0.25) is 5.95 Å². The Balaban J connectivity index is 1.43. The van der Waals surface area contributed by atoms with Crippen LogP contribution in [0.1, 0.15) is 20.0 Å². The molecular formula is C26H21N5O3S. The molecule has 174 valence electrons. The maximum absolute atomic E-state index is 13.0. The van der Waals surface area contributed by atoms with E-state index in [0.29, 0.717) is 39.9 Å². The number of hydrogen-bond acceptors (Lipinski definition) is 6. The molecule has 5 rings (SSSR count). The second-order valence-electron chi connectivity index (χ2n) is 7.72. The highest BCUT2D eigenvalue weighted by molar-refractivity contribution is 7.17. The molecule has 0 saturated heterocycles. The molecule has 0 spiro atoms. The van der Waals surface area contributed by atoms with Crippen molar-refractivity contribution in [3.63, 3.8) is 0 Å². The summed E-state index contributed by atoms with van der Waals surface area (Å²) in [4.78, 5) is 37.3.